The Balaban J connectivity index is 2.34. The van der Waals surface area contributed by atoms with Gasteiger partial charge in [-0.3, -0.25) is 14.4 Å². The summed E-state index contributed by atoms with van der Waals surface area (Å²) in [7, 11) is 0. The number of ketones is 2. The van der Waals surface area contributed by atoms with E-state index < -0.39 is 0 Å². The molecule has 1 aromatic rings. The third-order valence-corrected chi connectivity index (χ3v) is 2.55. The molecule has 82 valence electrons. The molecule has 2 rings (SSSR count). The molecular formula is C12H11NO3. The Hall–Kier alpha value is -1.97. The van der Waals surface area contributed by atoms with Crippen LogP contribution in [0.5, 0.6) is 0 Å². The lowest BCUT2D eigenvalue weighted by atomic mass is 10.1. The summed E-state index contributed by atoms with van der Waals surface area (Å²) in [6.07, 6.45) is -0.0374. The van der Waals surface area contributed by atoms with E-state index in [1.807, 2.05) is 0 Å². The molecule has 1 aliphatic heterocycles. The molecule has 0 radical (unpaired) electrons. The van der Waals surface area contributed by atoms with E-state index in [0.29, 0.717) is 11.3 Å². The summed E-state index contributed by atoms with van der Waals surface area (Å²) in [6.45, 7) is 1.58. The van der Waals surface area contributed by atoms with Crippen LogP contribution in [0.1, 0.15) is 23.7 Å². The van der Waals surface area contributed by atoms with Crippen molar-refractivity contribution in [3.63, 3.8) is 0 Å². The second-order valence-corrected chi connectivity index (χ2v) is 3.80. The van der Waals surface area contributed by atoms with Crippen LogP contribution < -0.4 is 4.90 Å². The van der Waals surface area contributed by atoms with Gasteiger partial charge in [0.15, 0.2) is 11.6 Å². The van der Waals surface area contributed by atoms with Gasteiger partial charge in [0, 0.05) is 11.3 Å². The predicted octanol–water partition coefficient (Wildman–Crippen LogP) is 1.20. The van der Waals surface area contributed by atoms with Gasteiger partial charge in [0.2, 0.25) is 5.91 Å². The first-order chi connectivity index (χ1) is 7.58. The van der Waals surface area contributed by atoms with Crippen molar-refractivity contribution in [3.8, 4) is 0 Å². The van der Waals surface area contributed by atoms with Gasteiger partial charge in [-0.2, -0.15) is 0 Å². The molecule has 4 nitrogen and oxygen atoms in total. The highest BCUT2D eigenvalue weighted by atomic mass is 16.2. The van der Waals surface area contributed by atoms with Gasteiger partial charge in [0.25, 0.3) is 0 Å². The van der Waals surface area contributed by atoms with Crippen LogP contribution >= 0.6 is 0 Å². The number of nitrogens with zero attached hydrogens (tertiary/aromatic N) is 1. The lowest BCUT2D eigenvalue weighted by Gasteiger charge is -2.15. The lowest BCUT2D eigenvalue weighted by Crippen LogP contribution is -2.24. The number of benzene rings is 1. The second-order valence-electron chi connectivity index (χ2n) is 3.80. The average molecular weight is 217 g/mol. The molecule has 1 heterocycles. The van der Waals surface area contributed by atoms with Gasteiger partial charge < -0.3 is 4.90 Å². The Labute approximate surface area is 92.9 Å². The van der Waals surface area contributed by atoms with E-state index in [1.54, 1.807) is 24.3 Å². The zero-order valence-electron chi connectivity index (χ0n) is 8.90. The molecule has 1 aliphatic rings. The molecule has 1 aromatic carbocycles. The minimum absolute atomic E-state index is 0.0374. The zero-order valence-corrected chi connectivity index (χ0v) is 8.90. The van der Waals surface area contributed by atoms with E-state index in [1.165, 1.54) is 11.8 Å². The molecule has 0 bridgehead atoms. The molecule has 4 heteroatoms. The molecule has 0 unspecified atom stereocenters. The summed E-state index contributed by atoms with van der Waals surface area (Å²) in [4.78, 5) is 35.2. The molecule has 0 spiro atoms. The molecular weight excluding hydrogens is 206 g/mol. The van der Waals surface area contributed by atoms with E-state index in [4.69, 9.17) is 0 Å². The van der Waals surface area contributed by atoms with Crippen molar-refractivity contribution in [1.29, 1.82) is 0 Å². The summed E-state index contributed by atoms with van der Waals surface area (Å²) in [6, 6.07) is 6.76. The van der Waals surface area contributed by atoms with Crippen molar-refractivity contribution in [2.45, 2.75) is 13.3 Å². The van der Waals surface area contributed by atoms with Gasteiger partial charge in [0.1, 0.15) is 0 Å². The van der Waals surface area contributed by atoms with Gasteiger partial charge in [-0.05, 0) is 19.1 Å². The SMILES string of the molecule is CC(=O)c1cccc(N2CC(=O)CC2=O)c1. The number of carbonyl (C=O) groups excluding carboxylic acids is 3. The average Bonchev–Trinajstić information content (AvgIpc) is 2.58. The van der Waals surface area contributed by atoms with Gasteiger partial charge in [0.05, 0.1) is 13.0 Å². The Kier molecular flexibility index (Phi) is 2.56. The number of hydrogen-bond acceptors (Lipinski definition) is 3. The van der Waals surface area contributed by atoms with E-state index >= 15 is 0 Å². The summed E-state index contributed by atoms with van der Waals surface area (Å²) in [5.74, 6) is -0.344. The molecule has 0 saturated carbocycles. The van der Waals surface area contributed by atoms with Crippen molar-refractivity contribution in [1.82, 2.24) is 0 Å². The monoisotopic (exact) mass is 217 g/mol. The third-order valence-electron chi connectivity index (χ3n) is 2.55. The number of carbonyl (C=O) groups is 3. The van der Waals surface area contributed by atoms with Crippen molar-refractivity contribution < 1.29 is 14.4 Å². The molecule has 0 aliphatic carbocycles. The van der Waals surface area contributed by atoms with Crippen molar-refractivity contribution in [2.24, 2.45) is 0 Å². The zero-order chi connectivity index (χ0) is 11.7. The van der Waals surface area contributed by atoms with Crippen molar-refractivity contribution in [3.05, 3.63) is 29.8 Å². The van der Waals surface area contributed by atoms with E-state index in [0.717, 1.165) is 0 Å². The smallest absolute Gasteiger partial charge is 0.234 e. The van der Waals surface area contributed by atoms with E-state index in [9.17, 15) is 14.4 Å². The van der Waals surface area contributed by atoms with Crippen LogP contribution in [-0.2, 0) is 9.59 Å². The number of rotatable bonds is 2. The maximum Gasteiger partial charge on any atom is 0.234 e. The Morgan fingerprint density at radius 3 is 2.62 bits per heavy atom. The number of hydrogen-bond donors (Lipinski definition) is 0. The topological polar surface area (TPSA) is 54.5 Å². The first-order valence-corrected chi connectivity index (χ1v) is 5.01. The van der Waals surface area contributed by atoms with E-state index in [2.05, 4.69) is 0 Å². The standard InChI is InChI=1S/C12H11NO3/c1-8(14)9-3-2-4-10(5-9)13-7-11(15)6-12(13)16/h2-5H,6-7H2,1H3. The summed E-state index contributed by atoms with van der Waals surface area (Å²) >= 11 is 0. The van der Waals surface area contributed by atoms with Crippen LogP contribution in [0.3, 0.4) is 0 Å². The first-order valence-electron chi connectivity index (χ1n) is 5.01. The molecule has 0 atom stereocenters. The largest absolute Gasteiger partial charge is 0.305 e. The van der Waals surface area contributed by atoms with Crippen LogP contribution in [0, 0.1) is 0 Å². The fourth-order valence-corrected chi connectivity index (χ4v) is 1.71. The highest BCUT2D eigenvalue weighted by molar-refractivity contribution is 6.15. The fraction of sp³-hybridized carbons (Fsp3) is 0.250. The number of amides is 1. The molecule has 1 saturated heterocycles. The molecule has 0 N–H and O–H groups in total. The van der Waals surface area contributed by atoms with E-state index in [-0.39, 0.29) is 30.4 Å². The quantitative estimate of drug-likeness (QED) is 0.552. The minimum atomic E-state index is -0.203. The van der Waals surface area contributed by atoms with Crippen LogP contribution in [0.25, 0.3) is 0 Å². The fourth-order valence-electron chi connectivity index (χ4n) is 1.71. The molecule has 16 heavy (non-hydrogen) atoms. The maximum atomic E-state index is 11.5. The molecule has 1 fully saturated rings. The maximum absolute atomic E-state index is 11.5. The van der Waals surface area contributed by atoms with Crippen LogP contribution in [-0.4, -0.2) is 24.0 Å². The number of anilines is 1. The highest BCUT2D eigenvalue weighted by Crippen LogP contribution is 2.21. The second kappa shape index (κ2) is 3.89. The Morgan fingerprint density at radius 1 is 1.31 bits per heavy atom. The van der Waals surface area contributed by atoms with Gasteiger partial charge >= 0.3 is 0 Å². The highest BCUT2D eigenvalue weighted by Gasteiger charge is 2.28. The third kappa shape index (κ3) is 1.86. The number of Topliss-reactive ketones (excluding diaryl/α,β-unsaturated/α-hetero) is 2. The summed E-state index contributed by atoms with van der Waals surface area (Å²) in [5.41, 5.74) is 1.16. The van der Waals surface area contributed by atoms with Gasteiger partial charge in [-0.15, -0.1) is 0 Å². The molecule has 0 aromatic heterocycles. The Bertz CT molecular complexity index is 479. The summed E-state index contributed by atoms with van der Waals surface area (Å²) < 4.78 is 0. The van der Waals surface area contributed by atoms with Crippen LogP contribution in [0.2, 0.25) is 0 Å². The van der Waals surface area contributed by atoms with Crippen molar-refractivity contribution in [2.75, 3.05) is 11.4 Å². The molecule has 1 amide bonds. The predicted molar refractivity (Wildman–Crippen MR) is 58.4 cm³/mol. The normalized spacial score (nSPS) is 15.7. The van der Waals surface area contributed by atoms with Gasteiger partial charge in [-0.1, -0.05) is 12.1 Å². The minimum Gasteiger partial charge on any atom is -0.305 e. The first kappa shape index (κ1) is 10.5. The van der Waals surface area contributed by atoms with Gasteiger partial charge in [-0.25, -0.2) is 0 Å². The summed E-state index contributed by atoms with van der Waals surface area (Å²) in [5, 5.41) is 0. The van der Waals surface area contributed by atoms with Crippen LogP contribution in [0.15, 0.2) is 24.3 Å². The lowest BCUT2D eigenvalue weighted by molar-refractivity contribution is -0.121. The van der Waals surface area contributed by atoms with Crippen molar-refractivity contribution >= 4 is 23.2 Å². The Morgan fingerprint density at radius 2 is 2.06 bits per heavy atom. The van der Waals surface area contributed by atoms with Crippen LogP contribution in [0.4, 0.5) is 5.69 Å².